The lowest BCUT2D eigenvalue weighted by atomic mass is 9.92. The molecule has 1 unspecified atom stereocenters. The molecular weight excluding hydrogens is 458 g/mol. The Morgan fingerprint density at radius 1 is 1.11 bits per heavy atom. The number of rotatable bonds is 6. The molecule has 0 saturated carbocycles. The number of carbonyl (C=O) groups is 1. The van der Waals surface area contributed by atoms with Gasteiger partial charge in [-0.25, -0.2) is 4.98 Å². The Kier molecular flexibility index (Phi) is 5.98. The van der Waals surface area contributed by atoms with Crippen molar-refractivity contribution in [2.24, 2.45) is 0 Å². The van der Waals surface area contributed by atoms with Gasteiger partial charge >= 0.3 is 0 Å². The van der Waals surface area contributed by atoms with E-state index in [2.05, 4.69) is 32.2 Å². The second-order valence-corrected chi connectivity index (χ2v) is 10.7. The number of nitrogens with zero attached hydrogens (tertiary/aromatic N) is 4. The molecule has 3 aromatic heterocycles. The zero-order valence-corrected chi connectivity index (χ0v) is 20.5. The van der Waals surface area contributed by atoms with Crippen LogP contribution in [0.4, 0.5) is 0 Å². The van der Waals surface area contributed by atoms with Gasteiger partial charge in [0.1, 0.15) is 4.83 Å². The summed E-state index contributed by atoms with van der Waals surface area (Å²) in [4.78, 5) is 32.7. The van der Waals surface area contributed by atoms with Crippen molar-refractivity contribution < 1.29 is 4.79 Å². The van der Waals surface area contributed by atoms with E-state index in [1.165, 1.54) is 28.1 Å². The van der Waals surface area contributed by atoms with Crippen molar-refractivity contribution in [3.63, 3.8) is 0 Å². The molecule has 0 bridgehead atoms. The van der Waals surface area contributed by atoms with Crippen LogP contribution in [0.1, 0.15) is 65.4 Å². The Morgan fingerprint density at radius 2 is 1.97 bits per heavy atom. The number of thiophene rings is 1. The summed E-state index contributed by atoms with van der Waals surface area (Å²) < 4.78 is 3.67. The third-order valence-corrected chi connectivity index (χ3v) is 8.49. The Bertz CT molecular complexity index is 1440. The molecule has 4 aromatic rings. The van der Waals surface area contributed by atoms with Crippen LogP contribution < -0.4 is 10.9 Å². The molecular formula is C27H29N5O2S. The lowest BCUT2D eigenvalue weighted by Gasteiger charge is -2.24. The van der Waals surface area contributed by atoms with Gasteiger partial charge in [-0.15, -0.1) is 11.3 Å². The minimum atomic E-state index is -0.0435. The van der Waals surface area contributed by atoms with Gasteiger partial charge in [0, 0.05) is 29.1 Å². The van der Waals surface area contributed by atoms with Gasteiger partial charge in [-0.1, -0.05) is 30.3 Å². The quantitative estimate of drug-likeness (QED) is 0.443. The summed E-state index contributed by atoms with van der Waals surface area (Å²) >= 11 is 1.65. The topological polar surface area (TPSA) is 81.8 Å². The van der Waals surface area contributed by atoms with Gasteiger partial charge in [0.05, 0.1) is 30.5 Å². The number of aryl methyl sites for hydroxylation is 3. The summed E-state index contributed by atoms with van der Waals surface area (Å²) in [6.45, 7) is 1.08. The SMILES string of the molecule is O=C(CCn1cnc2sc3c(c2c1=O)CCCC3)NC1CCCc2c1cnn2Cc1ccccc1. The van der Waals surface area contributed by atoms with E-state index in [0.717, 1.165) is 60.8 Å². The van der Waals surface area contributed by atoms with Gasteiger partial charge in [-0.05, 0) is 56.1 Å². The summed E-state index contributed by atoms with van der Waals surface area (Å²) in [5, 5.41) is 8.60. The van der Waals surface area contributed by atoms with Crippen LogP contribution in [0, 0.1) is 0 Å². The molecule has 1 aromatic carbocycles. The number of amides is 1. The van der Waals surface area contributed by atoms with Crippen LogP contribution in [0.2, 0.25) is 0 Å². The Balaban J connectivity index is 1.14. The lowest BCUT2D eigenvalue weighted by molar-refractivity contribution is -0.122. The zero-order chi connectivity index (χ0) is 23.8. The van der Waals surface area contributed by atoms with E-state index in [4.69, 9.17) is 0 Å². The van der Waals surface area contributed by atoms with E-state index in [9.17, 15) is 9.59 Å². The number of carbonyl (C=O) groups excluding carboxylic acids is 1. The van der Waals surface area contributed by atoms with Crippen LogP contribution in [0.25, 0.3) is 10.2 Å². The molecule has 1 N–H and O–H groups in total. The fraction of sp³-hybridized carbons (Fsp3) is 0.407. The maximum absolute atomic E-state index is 13.2. The summed E-state index contributed by atoms with van der Waals surface area (Å²) in [7, 11) is 0. The molecule has 180 valence electrons. The molecule has 1 atom stereocenters. The number of aromatic nitrogens is 4. The highest BCUT2D eigenvalue weighted by atomic mass is 32.1. The van der Waals surface area contributed by atoms with Gasteiger partial charge in [0.25, 0.3) is 5.56 Å². The third-order valence-electron chi connectivity index (χ3n) is 7.29. The Labute approximate surface area is 207 Å². The summed E-state index contributed by atoms with van der Waals surface area (Å²) in [6, 6.07) is 10.3. The van der Waals surface area contributed by atoms with E-state index < -0.39 is 0 Å². The van der Waals surface area contributed by atoms with Crippen LogP contribution in [0.5, 0.6) is 0 Å². The monoisotopic (exact) mass is 487 g/mol. The maximum Gasteiger partial charge on any atom is 0.262 e. The van der Waals surface area contributed by atoms with E-state index in [1.807, 2.05) is 24.4 Å². The van der Waals surface area contributed by atoms with Crippen LogP contribution in [0.3, 0.4) is 0 Å². The van der Waals surface area contributed by atoms with Crippen molar-refractivity contribution in [2.75, 3.05) is 0 Å². The molecule has 3 heterocycles. The molecule has 0 radical (unpaired) electrons. The predicted octanol–water partition coefficient (Wildman–Crippen LogP) is 4.17. The lowest BCUT2D eigenvalue weighted by Crippen LogP contribution is -2.32. The molecule has 8 heteroatoms. The van der Waals surface area contributed by atoms with Gasteiger partial charge in [-0.2, -0.15) is 5.10 Å². The first kappa shape index (κ1) is 22.2. The van der Waals surface area contributed by atoms with Gasteiger partial charge in [0.2, 0.25) is 5.91 Å². The van der Waals surface area contributed by atoms with E-state index >= 15 is 0 Å². The predicted molar refractivity (Wildman–Crippen MR) is 137 cm³/mol. The first-order valence-electron chi connectivity index (χ1n) is 12.5. The van der Waals surface area contributed by atoms with Crippen molar-refractivity contribution in [1.82, 2.24) is 24.6 Å². The average molecular weight is 488 g/mol. The largest absolute Gasteiger partial charge is 0.349 e. The van der Waals surface area contributed by atoms with Gasteiger partial charge < -0.3 is 5.32 Å². The fourth-order valence-corrected chi connectivity index (χ4v) is 6.71. The highest BCUT2D eigenvalue weighted by molar-refractivity contribution is 7.18. The Morgan fingerprint density at radius 3 is 2.86 bits per heavy atom. The number of hydrogen-bond donors (Lipinski definition) is 1. The van der Waals surface area contributed by atoms with Crippen molar-refractivity contribution in [2.45, 2.75) is 70.5 Å². The average Bonchev–Trinajstić information content (AvgIpc) is 3.47. The highest BCUT2D eigenvalue weighted by Crippen LogP contribution is 2.33. The van der Waals surface area contributed by atoms with Crippen molar-refractivity contribution in [3.05, 3.63) is 80.5 Å². The molecule has 0 spiro atoms. The van der Waals surface area contributed by atoms with Crippen LogP contribution in [-0.4, -0.2) is 25.2 Å². The van der Waals surface area contributed by atoms with Crippen molar-refractivity contribution >= 4 is 27.5 Å². The van der Waals surface area contributed by atoms with E-state index in [0.29, 0.717) is 6.54 Å². The van der Waals surface area contributed by atoms with E-state index in [-0.39, 0.29) is 23.9 Å². The zero-order valence-electron chi connectivity index (χ0n) is 19.7. The maximum atomic E-state index is 13.2. The molecule has 35 heavy (non-hydrogen) atoms. The molecule has 1 amide bonds. The highest BCUT2D eigenvalue weighted by Gasteiger charge is 2.26. The molecule has 6 rings (SSSR count). The molecule has 0 aliphatic heterocycles. The molecule has 0 saturated heterocycles. The smallest absolute Gasteiger partial charge is 0.262 e. The van der Waals surface area contributed by atoms with Crippen LogP contribution in [0.15, 0.2) is 47.7 Å². The summed E-state index contributed by atoms with van der Waals surface area (Å²) in [6.07, 6.45) is 11.0. The molecule has 2 aliphatic carbocycles. The fourth-order valence-electron chi connectivity index (χ4n) is 5.49. The van der Waals surface area contributed by atoms with Gasteiger partial charge in [0.15, 0.2) is 0 Å². The van der Waals surface area contributed by atoms with Crippen molar-refractivity contribution in [1.29, 1.82) is 0 Å². The second kappa shape index (κ2) is 9.41. The number of nitrogens with one attached hydrogen (secondary N) is 1. The summed E-state index contributed by atoms with van der Waals surface area (Å²) in [5.41, 5.74) is 4.72. The normalized spacial score (nSPS) is 17.2. The van der Waals surface area contributed by atoms with E-state index in [1.54, 1.807) is 22.2 Å². The standard InChI is InChI=1S/C27H29N5O2S/c33-24(13-14-31-17-28-26-25(27(31)34)19-9-4-5-12-23(19)35-26)30-21-10-6-11-22-20(21)15-29-32(22)16-18-7-2-1-3-8-18/h1-3,7-8,15,17,21H,4-6,9-14,16H2,(H,30,33). The minimum Gasteiger partial charge on any atom is -0.349 e. The summed E-state index contributed by atoms with van der Waals surface area (Å²) in [5.74, 6) is -0.0435. The van der Waals surface area contributed by atoms with Crippen LogP contribution >= 0.6 is 11.3 Å². The number of fused-ring (bicyclic) bond motifs is 4. The molecule has 2 aliphatic rings. The second-order valence-electron chi connectivity index (χ2n) is 9.59. The Hall–Kier alpha value is -3.26. The number of benzene rings is 1. The van der Waals surface area contributed by atoms with Crippen LogP contribution in [-0.2, 0) is 37.1 Å². The van der Waals surface area contributed by atoms with Gasteiger partial charge in [-0.3, -0.25) is 18.8 Å². The molecule has 0 fully saturated rings. The molecule has 7 nitrogen and oxygen atoms in total. The number of hydrogen-bond acceptors (Lipinski definition) is 5. The first-order valence-corrected chi connectivity index (χ1v) is 13.4. The third kappa shape index (κ3) is 4.31. The van der Waals surface area contributed by atoms with Crippen molar-refractivity contribution in [3.8, 4) is 0 Å². The first-order chi connectivity index (χ1) is 17.2. The minimum absolute atomic E-state index is 0.00987.